The van der Waals surface area contributed by atoms with Gasteiger partial charge in [-0.15, -0.1) is 0 Å². The molecule has 1 N–H and O–H groups in total. The molecule has 13 heteroatoms. The van der Waals surface area contributed by atoms with Crippen LogP contribution in [0.4, 0.5) is 13.2 Å². The first-order chi connectivity index (χ1) is 16.9. The zero-order valence-electron chi connectivity index (χ0n) is 19.2. The fourth-order valence-electron chi connectivity index (χ4n) is 3.74. The van der Waals surface area contributed by atoms with Crippen molar-refractivity contribution in [1.29, 1.82) is 0 Å². The Kier molecular flexibility index (Phi) is 7.21. The smallest absolute Gasteiger partial charge is 0.404 e. The summed E-state index contributed by atoms with van der Waals surface area (Å²) in [6.07, 6.45) is -0.488. The third kappa shape index (κ3) is 5.94. The van der Waals surface area contributed by atoms with E-state index in [0.717, 1.165) is 22.3 Å². The lowest BCUT2D eigenvalue weighted by Gasteiger charge is -2.16. The summed E-state index contributed by atoms with van der Waals surface area (Å²) in [5.74, 6) is -1.53. The lowest BCUT2D eigenvalue weighted by molar-refractivity contribution is -0.106. The van der Waals surface area contributed by atoms with E-state index in [1.54, 1.807) is 16.9 Å². The quantitative estimate of drug-likeness (QED) is 0.353. The molecule has 0 spiro atoms. The van der Waals surface area contributed by atoms with Crippen molar-refractivity contribution in [2.24, 2.45) is 7.05 Å². The molecule has 4 aromatic rings. The maximum Gasteiger partial charge on any atom is 0.404 e. The van der Waals surface area contributed by atoms with E-state index in [0.29, 0.717) is 16.8 Å². The van der Waals surface area contributed by atoms with Crippen LogP contribution < -0.4 is 9.46 Å². The minimum Gasteiger partial charge on any atom is -0.487 e. The van der Waals surface area contributed by atoms with Crippen LogP contribution in [0.2, 0.25) is 5.02 Å². The molecule has 4 rings (SSSR count). The summed E-state index contributed by atoms with van der Waals surface area (Å²) < 4.78 is 71.0. The SMILES string of the molecule is Cc1cc(-c2ccnn2C)c2cccc(OCc3c(Cl)cncc3CNS(=O)(=O)CC(F)(F)F)c2n1. The van der Waals surface area contributed by atoms with Gasteiger partial charge in [0.1, 0.15) is 17.9 Å². The number of para-hydroxylation sites is 1. The minimum absolute atomic E-state index is 0.0898. The third-order valence-electron chi connectivity index (χ3n) is 5.33. The lowest BCUT2D eigenvalue weighted by Crippen LogP contribution is -2.33. The lowest BCUT2D eigenvalue weighted by atomic mass is 10.0. The molecule has 0 fully saturated rings. The number of pyridine rings is 2. The molecule has 190 valence electrons. The first kappa shape index (κ1) is 25.9. The molecule has 0 unspecified atom stereocenters. The number of hydrogen-bond donors (Lipinski definition) is 1. The normalized spacial score (nSPS) is 12.3. The highest BCUT2D eigenvalue weighted by molar-refractivity contribution is 7.89. The maximum atomic E-state index is 12.5. The van der Waals surface area contributed by atoms with E-state index in [2.05, 4.69) is 15.1 Å². The van der Waals surface area contributed by atoms with Crippen molar-refractivity contribution in [1.82, 2.24) is 24.5 Å². The topological polar surface area (TPSA) is 99.0 Å². The molecular formula is C23H21ClF3N5O3S. The molecule has 0 amide bonds. The zero-order chi connectivity index (χ0) is 26.1. The average Bonchev–Trinajstić information content (AvgIpc) is 3.20. The van der Waals surface area contributed by atoms with Crippen molar-refractivity contribution in [3.63, 3.8) is 0 Å². The van der Waals surface area contributed by atoms with E-state index in [-0.39, 0.29) is 17.2 Å². The molecule has 0 aliphatic rings. The van der Waals surface area contributed by atoms with Gasteiger partial charge in [0.25, 0.3) is 0 Å². The number of halogens is 4. The number of nitrogens with one attached hydrogen (secondary N) is 1. The molecule has 0 aliphatic carbocycles. The highest BCUT2D eigenvalue weighted by Gasteiger charge is 2.35. The minimum atomic E-state index is -4.86. The number of benzene rings is 1. The second-order valence-electron chi connectivity index (χ2n) is 8.05. The Balaban J connectivity index is 1.62. The van der Waals surface area contributed by atoms with Gasteiger partial charge in [0.15, 0.2) is 5.75 Å². The van der Waals surface area contributed by atoms with Gasteiger partial charge in [0.05, 0.1) is 10.7 Å². The fraction of sp³-hybridized carbons (Fsp3) is 0.261. The maximum absolute atomic E-state index is 12.5. The fourth-order valence-corrected chi connectivity index (χ4v) is 4.88. The summed E-state index contributed by atoms with van der Waals surface area (Å²) in [5.41, 5.74) is 3.85. The number of hydrogen-bond acceptors (Lipinski definition) is 6. The Hall–Kier alpha value is -3.22. The van der Waals surface area contributed by atoms with E-state index in [9.17, 15) is 21.6 Å². The average molecular weight is 540 g/mol. The Morgan fingerprint density at radius 2 is 1.97 bits per heavy atom. The molecule has 0 saturated carbocycles. The van der Waals surface area contributed by atoms with Crippen molar-refractivity contribution >= 4 is 32.5 Å². The molecule has 3 heterocycles. The number of alkyl halides is 3. The van der Waals surface area contributed by atoms with Gasteiger partial charge in [-0.05, 0) is 30.7 Å². The summed E-state index contributed by atoms with van der Waals surface area (Å²) in [7, 11) is -2.76. The van der Waals surface area contributed by atoms with Gasteiger partial charge >= 0.3 is 6.18 Å². The monoisotopic (exact) mass is 539 g/mol. The number of aromatic nitrogens is 4. The van der Waals surface area contributed by atoms with Crippen LogP contribution in [0, 0.1) is 6.92 Å². The van der Waals surface area contributed by atoms with Crippen molar-refractivity contribution in [3.8, 4) is 17.0 Å². The Morgan fingerprint density at radius 1 is 1.19 bits per heavy atom. The molecule has 1 aromatic carbocycles. The summed E-state index contributed by atoms with van der Waals surface area (Å²) >= 11 is 6.28. The third-order valence-corrected chi connectivity index (χ3v) is 6.95. The van der Waals surface area contributed by atoms with Gasteiger partial charge in [-0.2, -0.15) is 18.3 Å². The summed E-state index contributed by atoms with van der Waals surface area (Å²) in [6, 6.07) is 9.31. The van der Waals surface area contributed by atoms with E-state index in [4.69, 9.17) is 16.3 Å². The van der Waals surface area contributed by atoms with E-state index in [1.165, 1.54) is 12.4 Å². The number of aryl methyl sites for hydroxylation is 2. The van der Waals surface area contributed by atoms with Crippen molar-refractivity contribution in [2.75, 3.05) is 5.75 Å². The molecule has 0 aliphatic heterocycles. The van der Waals surface area contributed by atoms with Gasteiger partial charge in [-0.1, -0.05) is 23.7 Å². The van der Waals surface area contributed by atoms with Gasteiger partial charge in [-0.25, -0.2) is 18.1 Å². The number of nitrogens with zero attached hydrogens (tertiary/aromatic N) is 4. The molecule has 0 bridgehead atoms. The molecule has 36 heavy (non-hydrogen) atoms. The van der Waals surface area contributed by atoms with Crippen molar-refractivity contribution < 1.29 is 26.3 Å². The molecule has 0 atom stereocenters. The van der Waals surface area contributed by atoms with Crippen LogP contribution in [0.25, 0.3) is 22.2 Å². The number of sulfonamides is 1. The zero-order valence-corrected chi connectivity index (χ0v) is 20.7. The Labute approximate surface area is 210 Å². The second kappa shape index (κ2) is 10.0. The van der Waals surface area contributed by atoms with Crippen LogP contribution in [-0.4, -0.2) is 40.1 Å². The number of fused-ring (bicyclic) bond motifs is 1. The van der Waals surface area contributed by atoms with Gasteiger partial charge in [0.2, 0.25) is 10.0 Å². The first-order valence-corrected chi connectivity index (χ1v) is 12.6. The van der Waals surface area contributed by atoms with Crippen LogP contribution in [0.3, 0.4) is 0 Å². The van der Waals surface area contributed by atoms with Crippen LogP contribution in [0.5, 0.6) is 5.75 Å². The van der Waals surface area contributed by atoms with Crippen LogP contribution >= 0.6 is 11.6 Å². The van der Waals surface area contributed by atoms with Crippen molar-refractivity contribution in [2.45, 2.75) is 26.3 Å². The van der Waals surface area contributed by atoms with Crippen molar-refractivity contribution in [3.05, 3.63) is 70.8 Å². The second-order valence-corrected chi connectivity index (χ2v) is 10.3. The van der Waals surface area contributed by atoms with Crippen LogP contribution in [0.15, 0.2) is 48.9 Å². The molecule has 3 aromatic heterocycles. The largest absolute Gasteiger partial charge is 0.487 e. The summed E-state index contributed by atoms with van der Waals surface area (Å²) in [5, 5.41) is 5.25. The van der Waals surface area contributed by atoms with Gasteiger partial charge < -0.3 is 4.74 Å². The number of ether oxygens (including phenoxy) is 1. The predicted molar refractivity (Wildman–Crippen MR) is 129 cm³/mol. The van der Waals surface area contributed by atoms with E-state index < -0.39 is 28.5 Å². The van der Waals surface area contributed by atoms with Crippen LogP contribution in [-0.2, 0) is 30.2 Å². The molecular weight excluding hydrogens is 519 g/mol. The standard InChI is InChI=1S/C23H21ClF3N5O3S/c1-14-8-17(20-6-7-29-32(20)2)16-4-3-5-21(22(16)31-14)35-12-18-15(9-28-11-19(18)24)10-30-36(33,34)13-23(25,26)27/h3-9,11,30H,10,12-13H2,1-2H3. The van der Waals surface area contributed by atoms with Crippen LogP contribution in [0.1, 0.15) is 16.8 Å². The molecule has 0 radical (unpaired) electrons. The predicted octanol–water partition coefficient (Wildman–Crippen LogP) is 4.55. The van der Waals surface area contributed by atoms with E-state index >= 15 is 0 Å². The van der Waals surface area contributed by atoms with Gasteiger partial charge in [-0.3, -0.25) is 9.67 Å². The summed E-state index contributed by atoms with van der Waals surface area (Å²) in [4.78, 5) is 8.56. The Morgan fingerprint density at radius 3 is 2.67 bits per heavy atom. The first-order valence-electron chi connectivity index (χ1n) is 10.6. The number of rotatable bonds is 8. The highest BCUT2D eigenvalue weighted by atomic mass is 35.5. The molecule has 8 nitrogen and oxygen atoms in total. The summed E-state index contributed by atoms with van der Waals surface area (Å²) in [6.45, 7) is 1.34. The Bertz CT molecular complexity index is 1520. The van der Waals surface area contributed by atoms with E-state index in [1.807, 2.05) is 43.0 Å². The highest BCUT2D eigenvalue weighted by Crippen LogP contribution is 2.33. The van der Waals surface area contributed by atoms with Gasteiger partial charge in [0, 0.05) is 54.4 Å². The molecule has 0 saturated heterocycles.